The molecular formula is C22H47N3. The van der Waals surface area contributed by atoms with Gasteiger partial charge in [0.15, 0.2) is 0 Å². The third kappa shape index (κ3) is 23.5. The van der Waals surface area contributed by atoms with E-state index in [4.69, 9.17) is 5.73 Å². The molecular weight excluding hydrogens is 306 g/mol. The summed E-state index contributed by atoms with van der Waals surface area (Å²) in [5.74, 6) is 0. The van der Waals surface area contributed by atoms with Crippen LogP contribution in [0.3, 0.4) is 0 Å². The van der Waals surface area contributed by atoms with E-state index in [0.29, 0.717) is 0 Å². The summed E-state index contributed by atoms with van der Waals surface area (Å²) in [4.78, 5) is 0. The number of nitrogens with two attached hydrogens (primary N) is 1. The first-order chi connectivity index (χ1) is 12.4. The molecule has 0 spiro atoms. The number of hydrogen-bond acceptors (Lipinski definition) is 3. The molecule has 0 atom stereocenters. The molecule has 3 nitrogen and oxygen atoms in total. The van der Waals surface area contributed by atoms with Gasteiger partial charge >= 0.3 is 0 Å². The fraction of sp³-hybridized carbons (Fsp3) is 0.909. The van der Waals surface area contributed by atoms with Crippen molar-refractivity contribution in [3.63, 3.8) is 0 Å². The molecule has 0 heterocycles. The zero-order chi connectivity index (χ0) is 18.3. The van der Waals surface area contributed by atoms with Crippen molar-refractivity contribution in [1.82, 2.24) is 10.6 Å². The van der Waals surface area contributed by atoms with E-state index in [2.05, 4.69) is 29.8 Å². The summed E-state index contributed by atoms with van der Waals surface area (Å²) in [5.41, 5.74) is 5.45. The maximum atomic E-state index is 5.45. The molecule has 25 heavy (non-hydrogen) atoms. The quantitative estimate of drug-likeness (QED) is 0.238. The van der Waals surface area contributed by atoms with Gasteiger partial charge in [-0.15, -0.1) is 0 Å². The molecule has 0 bridgehead atoms. The fourth-order valence-electron chi connectivity index (χ4n) is 3.02. The van der Waals surface area contributed by atoms with Crippen molar-refractivity contribution in [2.45, 2.75) is 103 Å². The molecule has 0 rings (SSSR count). The Balaban J connectivity index is 3.03. The molecule has 0 aliphatic heterocycles. The predicted molar refractivity (Wildman–Crippen MR) is 114 cm³/mol. The second-order valence-corrected chi connectivity index (χ2v) is 7.28. The summed E-state index contributed by atoms with van der Waals surface area (Å²) in [6.07, 6.45) is 25.0. The van der Waals surface area contributed by atoms with Gasteiger partial charge in [-0.05, 0) is 51.5 Å². The number of nitrogens with one attached hydrogen (secondary N) is 2. The molecule has 0 aliphatic rings. The van der Waals surface area contributed by atoms with E-state index in [1.165, 1.54) is 89.9 Å². The van der Waals surface area contributed by atoms with Gasteiger partial charge in [0.05, 0.1) is 0 Å². The average molecular weight is 354 g/mol. The van der Waals surface area contributed by atoms with Crippen LogP contribution in [0.15, 0.2) is 12.3 Å². The van der Waals surface area contributed by atoms with Crippen LogP contribution in [0.4, 0.5) is 0 Å². The highest BCUT2D eigenvalue weighted by Gasteiger charge is 1.93. The van der Waals surface area contributed by atoms with E-state index in [-0.39, 0.29) is 0 Å². The van der Waals surface area contributed by atoms with Gasteiger partial charge in [0.1, 0.15) is 0 Å². The van der Waals surface area contributed by atoms with Crippen LogP contribution in [-0.4, -0.2) is 26.2 Å². The third-order valence-corrected chi connectivity index (χ3v) is 4.69. The molecule has 0 radical (unpaired) electrons. The van der Waals surface area contributed by atoms with Crippen LogP contribution in [-0.2, 0) is 0 Å². The Morgan fingerprint density at radius 1 is 0.640 bits per heavy atom. The molecule has 0 amide bonds. The smallest absolute Gasteiger partial charge is 0.0153 e. The van der Waals surface area contributed by atoms with E-state index >= 15 is 0 Å². The van der Waals surface area contributed by atoms with E-state index < -0.39 is 0 Å². The van der Waals surface area contributed by atoms with Crippen LogP contribution in [0.25, 0.3) is 0 Å². The molecule has 150 valence electrons. The van der Waals surface area contributed by atoms with E-state index in [1.807, 2.05) is 0 Å². The monoisotopic (exact) mass is 353 g/mol. The highest BCUT2D eigenvalue weighted by atomic mass is 14.9. The van der Waals surface area contributed by atoms with Crippen molar-refractivity contribution < 1.29 is 0 Å². The maximum Gasteiger partial charge on any atom is 0.0153 e. The summed E-state index contributed by atoms with van der Waals surface area (Å²) < 4.78 is 0. The lowest BCUT2D eigenvalue weighted by Gasteiger charge is -2.04. The Morgan fingerprint density at radius 3 is 1.80 bits per heavy atom. The fourth-order valence-corrected chi connectivity index (χ4v) is 3.02. The zero-order valence-electron chi connectivity index (χ0n) is 17.2. The van der Waals surface area contributed by atoms with Gasteiger partial charge in [0.25, 0.3) is 0 Å². The summed E-state index contributed by atoms with van der Waals surface area (Å²) >= 11 is 0. The number of hydrogen-bond donors (Lipinski definition) is 3. The Hall–Kier alpha value is -0.540. The second-order valence-electron chi connectivity index (χ2n) is 7.28. The van der Waals surface area contributed by atoms with Gasteiger partial charge < -0.3 is 16.4 Å². The number of unbranched alkanes of at least 4 members (excludes halogenated alkanes) is 12. The third-order valence-electron chi connectivity index (χ3n) is 4.69. The molecule has 0 fully saturated rings. The number of allylic oxidation sites excluding steroid dienone is 1. The van der Waals surface area contributed by atoms with Gasteiger partial charge in [-0.25, -0.2) is 0 Å². The number of rotatable bonds is 21. The molecule has 3 heteroatoms. The normalized spacial score (nSPS) is 11.4. The lowest BCUT2D eigenvalue weighted by Crippen LogP contribution is -2.22. The van der Waals surface area contributed by atoms with Crippen LogP contribution >= 0.6 is 0 Å². The molecule has 0 aliphatic carbocycles. The highest BCUT2D eigenvalue weighted by Crippen LogP contribution is 2.12. The molecule has 0 aromatic carbocycles. The zero-order valence-corrected chi connectivity index (χ0v) is 17.2. The summed E-state index contributed by atoms with van der Waals surface area (Å²) in [6, 6.07) is 0. The first-order valence-electron chi connectivity index (χ1n) is 11.2. The molecule has 0 saturated carbocycles. The van der Waals surface area contributed by atoms with Gasteiger partial charge in [-0.3, -0.25) is 0 Å². The van der Waals surface area contributed by atoms with E-state index in [0.717, 1.165) is 32.6 Å². The Morgan fingerprint density at radius 2 is 1.20 bits per heavy atom. The molecule has 4 N–H and O–H groups in total. The van der Waals surface area contributed by atoms with E-state index in [9.17, 15) is 0 Å². The van der Waals surface area contributed by atoms with Crippen molar-refractivity contribution in [3.05, 3.63) is 12.3 Å². The molecule has 0 aromatic heterocycles. The minimum Gasteiger partial charge on any atom is -0.391 e. The topological polar surface area (TPSA) is 50.1 Å². The molecule has 0 aromatic rings. The van der Waals surface area contributed by atoms with Crippen LogP contribution in [0.5, 0.6) is 0 Å². The Bertz CT molecular complexity index is 254. The summed E-state index contributed by atoms with van der Waals surface area (Å²) in [6.45, 7) is 6.26. The molecule has 0 unspecified atom stereocenters. The van der Waals surface area contributed by atoms with Crippen LogP contribution < -0.4 is 16.4 Å². The Labute approximate surface area is 158 Å². The molecule has 0 saturated heterocycles. The van der Waals surface area contributed by atoms with Gasteiger partial charge in [-0.2, -0.15) is 0 Å². The second kappa shape index (κ2) is 23.5. The summed E-state index contributed by atoms with van der Waals surface area (Å²) in [7, 11) is 0. The standard InChI is InChI=1S/C22H47N3/c1-2-3-4-5-6-7-8-9-10-11-12-13-14-15-19-24-21-17-22-25-20-16-18-23/h15,19,24-25H,2-14,16-18,20-23H2,1H3/b19-15+. The van der Waals surface area contributed by atoms with Crippen molar-refractivity contribution in [1.29, 1.82) is 0 Å². The van der Waals surface area contributed by atoms with Gasteiger partial charge in [0.2, 0.25) is 0 Å². The van der Waals surface area contributed by atoms with Gasteiger partial charge in [0, 0.05) is 6.54 Å². The lowest BCUT2D eigenvalue weighted by molar-refractivity contribution is 0.544. The van der Waals surface area contributed by atoms with Crippen LogP contribution in [0.1, 0.15) is 103 Å². The minimum absolute atomic E-state index is 0.785. The first-order valence-corrected chi connectivity index (χ1v) is 11.2. The largest absolute Gasteiger partial charge is 0.391 e. The first kappa shape index (κ1) is 24.5. The lowest BCUT2D eigenvalue weighted by atomic mass is 10.0. The van der Waals surface area contributed by atoms with Crippen molar-refractivity contribution in [2.75, 3.05) is 26.2 Å². The van der Waals surface area contributed by atoms with E-state index in [1.54, 1.807) is 0 Å². The van der Waals surface area contributed by atoms with Crippen molar-refractivity contribution in [2.24, 2.45) is 5.73 Å². The SMILES string of the molecule is CCCCCCCCCCCCCC/C=C/NCCCNCCCN. The average Bonchev–Trinajstić information content (AvgIpc) is 2.63. The predicted octanol–water partition coefficient (Wildman–Crippen LogP) is 5.51. The van der Waals surface area contributed by atoms with Crippen molar-refractivity contribution in [3.8, 4) is 0 Å². The van der Waals surface area contributed by atoms with Crippen LogP contribution in [0, 0.1) is 0 Å². The highest BCUT2D eigenvalue weighted by molar-refractivity contribution is 4.79. The summed E-state index contributed by atoms with van der Waals surface area (Å²) in [5, 5.41) is 6.77. The minimum atomic E-state index is 0.785. The Kier molecular flexibility index (Phi) is 23.0. The maximum absolute atomic E-state index is 5.45. The van der Waals surface area contributed by atoms with Crippen LogP contribution in [0.2, 0.25) is 0 Å². The van der Waals surface area contributed by atoms with Crippen molar-refractivity contribution >= 4 is 0 Å². The van der Waals surface area contributed by atoms with Gasteiger partial charge in [-0.1, -0.05) is 83.6 Å².